The van der Waals surface area contributed by atoms with Crippen LogP contribution in [0, 0.1) is 6.92 Å². The van der Waals surface area contributed by atoms with Gasteiger partial charge in [0.25, 0.3) is 5.91 Å². The Morgan fingerprint density at radius 3 is 2.61 bits per heavy atom. The van der Waals surface area contributed by atoms with E-state index in [1.807, 2.05) is 43.3 Å². The fourth-order valence-corrected chi connectivity index (χ4v) is 4.39. The van der Waals surface area contributed by atoms with Gasteiger partial charge in [0.05, 0.1) is 6.54 Å². The number of fused-ring (bicyclic) bond motifs is 1. The third-order valence-electron chi connectivity index (χ3n) is 6.26. The first-order valence-corrected chi connectivity index (χ1v) is 10.9. The maximum Gasteiger partial charge on any atom is 0.325 e. The number of nitrogens with one attached hydrogen (secondary N) is 2. The van der Waals surface area contributed by atoms with Gasteiger partial charge in [0.1, 0.15) is 5.54 Å². The topological polar surface area (TPSA) is 126 Å². The van der Waals surface area contributed by atoms with Crippen LogP contribution in [0.15, 0.2) is 42.5 Å². The Bertz CT molecular complexity index is 1260. The largest absolute Gasteiger partial charge is 0.368 e. The number of hydrogen-bond acceptors (Lipinski definition) is 7. The fraction of sp³-hybridized carbons (Fsp3) is 0.292. The van der Waals surface area contributed by atoms with E-state index in [1.165, 1.54) is 11.1 Å². The summed E-state index contributed by atoms with van der Waals surface area (Å²) in [7, 11) is 0. The number of imide groups is 1. The number of benzene rings is 2. The van der Waals surface area contributed by atoms with Gasteiger partial charge in [0, 0.05) is 5.69 Å². The molecule has 0 saturated carbocycles. The molecule has 4 N–H and O–H groups in total. The molecule has 3 aromatic rings. The van der Waals surface area contributed by atoms with Gasteiger partial charge in [-0.1, -0.05) is 35.9 Å². The van der Waals surface area contributed by atoms with Crippen molar-refractivity contribution in [3.05, 3.63) is 70.5 Å². The Morgan fingerprint density at radius 1 is 1.06 bits per heavy atom. The molecule has 3 amide bonds. The number of urea groups is 1. The van der Waals surface area contributed by atoms with E-state index in [0.717, 1.165) is 41.0 Å². The predicted octanol–water partition coefficient (Wildman–Crippen LogP) is 2.96. The summed E-state index contributed by atoms with van der Waals surface area (Å²) in [5, 5.41) is 5.93. The molecule has 1 aromatic heterocycles. The van der Waals surface area contributed by atoms with Crippen LogP contribution in [0.25, 0.3) is 0 Å². The molecule has 0 unspecified atom stereocenters. The molecule has 0 spiro atoms. The zero-order chi connectivity index (χ0) is 23.2. The summed E-state index contributed by atoms with van der Waals surface area (Å²) in [5.41, 5.74) is 9.97. The van der Waals surface area contributed by atoms with E-state index >= 15 is 0 Å². The molecule has 0 radical (unpaired) electrons. The Kier molecular flexibility index (Phi) is 4.96. The van der Waals surface area contributed by atoms with E-state index in [4.69, 9.17) is 5.73 Å². The summed E-state index contributed by atoms with van der Waals surface area (Å²) in [4.78, 5) is 39.9. The number of amides is 3. The highest BCUT2D eigenvalue weighted by molar-refractivity contribution is 6.07. The zero-order valence-electron chi connectivity index (χ0n) is 18.6. The van der Waals surface area contributed by atoms with Crippen LogP contribution in [-0.2, 0) is 29.7 Å². The number of carbonyl (C=O) groups excluding carboxylic acids is 2. The third-order valence-corrected chi connectivity index (χ3v) is 6.26. The molecule has 2 aliphatic rings. The molecule has 168 valence electrons. The van der Waals surface area contributed by atoms with Gasteiger partial charge in [-0.3, -0.25) is 9.69 Å². The summed E-state index contributed by atoms with van der Waals surface area (Å²) in [6.07, 6.45) is 3.16. The number of rotatable bonds is 5. The van der Waals surface area contributed by atoms with Gasteiger partial charge in [0.15, 0.2) is 5.82 Å². The van der Waals surface area contributed by atoms with Crippen LogP contribution in [0.1, 0.15) is 41.4 Å². The first-order valence-electron chi connectivity index (χ1n) is 10.9. The summed E-state index contributed by atoms with van der Waals surface area (Å²) < 4.78 is 0. The first-order chi connectivity index (χ1) is 15.8. The number of nitrogens with zero attached hydrogens (tertiary/aromatic N) is 4. The molecule has 1 atom stereocenters. The lowest BCUT2D eigenvalue weighted by molar-refractivity contribution is -0.131. The molecule has 33 heavy (non-hydrogen) atoms. The fourth-order valence-electron chi connectivity index (χ4n) is 4.39. The van der Waals surface area contributed by atoms with Gasteiger partial charge in [-0.2, -0.15) is 15.0 Å². The second-order valence-electron chi connectivity index (χ2n) is 8.71. The molecule has 1 saturated heterocycles. The van der Waals surface area contributed by atoms with Crippen molar-refractivity contribution in [2.24, 2.45) is 0 Å². The third kappa shape index (κ3) is 3.86. The summed E-state index contributed by atoms with van der Waals surface area (Å²) in [6, 6.07) is 13.2. The van der Waals surface area contributed by atoms with Crippen molar-refractivity contribution in [1.29, 1.82) is 0 Å². The summed E-state index contributed by atoms with van der Waals surface area (Å²) in [5.74, 6) is 0.120. The number of aryl methyl sites for hydroxylation is 3. The SMILES string of the molecule is Cc1ccc(Nc2nc(N)nc(CN3C(=O)N[C@](C)(c4ccc5c(c4)CCC5)C3=O)n2)cc1. The molecule has 9 nitrogen and oxygen atoms in total. The second kappa shape index (κ2) is 7.84. The van der Waals surface area contributed by atoms with Gasteiger partial charge in [-0.25, -0.2) is 4.79 Å². The number of aromatic nitrogens is 3. The van der Waals surface area contributed by atoms with Crippen LogP contribution >= 0.6 is 0 Å². The van der Waals surface area contributed by atoms with Crippen LogP contribution < -0.4 is 16.4 Å². The second-order valence-corrected chi connectivity index (χ2v) is 8.71. The number of anilines is 3. The maximum absolute atomic E-state index is 13.4. The normalized spacial score (nSPS) is 19.5. The van der Waals surface area contributed by atoms with Crippen molar-refractivity contribution >= 4 is 29.5 Å². The molecular formula is C24H25N7O2. The Labute approximate surface area is 191 Å². The van der Waals surface area contributed by atoms with Crippen molar-refractivity contribution in [2.45, 2.75) is 45.2 Å². The minimum absolute atomic E-state index is 0.00282. The minimum atomic E-state index is -1.14. The van der Waals surface area contributed by atoms with Crippen LogP contribution in [0.2, 0.25) is 0 Å². The smallest absolute Gasteiger partial charge is 0.325 e. The van der Waals surface area contributed by atoms with Gasteiger partial charge < -0.3 is 16.4 Å². The average molecular weight is 444 g/mol. The van der Waals surface area contributed by atoms with Crippen LogP contribution in [0.5, 0.6) is 0 Å². The van der Waals surface area contributed by atoms with Gasteiger partial charge in [-0.15, -0.1) is 0 Å². The minimum Gasteiger partial charge on any atom is -0.368 e. The van der Waals surface area contributed by atoms with Gasteiger partial charge >= 0.3 is 6.03 Å². The van der Waals surface area contributed by atoms with Crippen molar-refractivity contribution in [3.63, 3.8) is 0 Å². The van der Waals surface area contributed by atoms with Gasteiger partial charge in [-0.05, 0) is 61.9 Å². The van der Waals surface area contributed by atoms with Crippen LogP contribution in [0.4, 0.5) is 22.4 Å². The number of carbonyl (C=O) groups is 2. The van der Waals surface area contributed by atoms with E-state index in [9.17, 15) is 9.59 Å². The number of nitrogens with two attached hydrogens (primary N) is 1. The van der Waals surface area contributed by atoms with Crippen molar-refractivity contribution in [1.82, 2.24) is 25.2 Å². The van der Waals surface area contributed by atoms with Gasteiger partial charge in [0.2, 0.25) is 11.9 Å². The van der Waals surface area contributed by atoms with E-state index < -0.39 is 11.6 Å². The standard InChI is InChI=1S/C24H25N7O2/c1-14-6-10-18(11-7-14)26-22-28-19(27-21(25)29-22)13-31-20(32)24(2,30-23(31)33)17-9-8-15-4-3-5-16(15)12-17/h6-12H,3-5,13H2,1-2H3,(H,30,33)(H3,25,26,27,28,29)/t24-/m1/s1. The lowest BCUT2D eigenvalue weighted by Crippen LogP contribution is -2.41. The molecular weight excluding hydrogens is 418 g/mol. The molecule has 2 aromatic carbocycles. The number of hydrogen-bond donors (Lipinski definition) is 3. The molecule has 1 aliphatic carbocycles. The van der Waals surface area contributed by atoms with Crippen molar-refractivity contribution in [2.75, 3.05) is 11.1 Å². The molecule has 1 fully saturated rings. The first kappa shape index (κ1) is 20.9. The van der Waals surface area contributed by atoms with E-state index in [2.05, 4.69) is 31.7 Å². The van der Waals surface area contributed by atoms with Crippen molar-refractivity contribution < 1.29 is 9.59 Å². The predicted molar refractivity (Wildman–Crippen MR) is 124 cm³/mol. The molecule has 5 rings (SSSR count). The van der Waals surface area contributed by atoms with E-state index in [1.54, 1.807) is 6.92 Å². The lowest BCUT2D eigenvalue weighted by Gasteiger charge is -2.23. The maximum atomic E-state index is 13.4. The van der Waals surface area contributed by atoms with Crippen LogP contribution in [-0.4, -0.2) is 31.8 Å². The summed E-state index contributed by atoms with van der Waals surface area (Å²) >= 11 is 0. The average Bonchev–Trinajstić information content (AvgIpc) is 3.33. The highest BCUT2D eigenvalue weighted by Crippen LogP contribution is 2.33. The zero-order valence-corrected chi connectivity index (χ0v) is 18.6. The van der Waals surface area contributed by atoms with Crippen molar-refractivity contribution in [3.8, 4) is 0 Å². The highest BCUT2D eigenvalue weighted by atomic mass is 16.2. The Morgan fingerprint density at radius 2 is 1.82 bits per heavy atom. The van der Waals surface area contributed by atoms with E-state index in [-0.39, 0.29) is 30.2 Å². The quantitative estimate of drug-likeness (QED) is 0.518. The summed E-state index contributed by atoms with van der Waals surface area (Å²) in [6.45, 7) is 3.62. The monoisotopic (exact) mass is 443 g/mol. The lowest BCUT2D eigenvalue weighted by atomic mass is 9.89. The Balaban J connectivity index is 1.38. The molecule has 2 heterocycles. The van der Waals surface area contributed by atoms with Crippen LogP contribution in [0.3, 0.4) is 0 Å². The number of nitrogen functional groups attached to an aromatic ring is 1. The molecule has 0 bridgehead atoms. The molecule has 1 aliphatic heterocycles. The highest BCUT2D eigenvalue weighted by Gasteiger charge is 2.49. The van der Waals surface area contributed by atoms with E-state index in [0.29, 0.717) is 0 Å². The Hall–Kier alpha value is -4.01. The molecule has 9 heteroatoms.